The third-order valence-corrected chi connectivity index (χ3v) is 12.7. The fourth-order valence-corrected chi connectivity index (χ4v) is 11.2. The van der Waals surface area contributed by atoms with Gasteiger partial charge in [-0.25, -0.2) is 9.78 Å². The Kier molecular flexibility index (Phi) is 4.84. The van der Waals surface area contributed by atoms with Gasteiger partial charge in [0.15, 0.2) is 9.74 Å². The highest BCUT2D eigenvalue weighted by Crippen LogP contribution is 2.71. The summed E-state index contributed by atoms with van der Waals surface area (Å²) < 4.78 is 17.5. The predicted molar refractivity (Wildman–Crippen MR) is 135 cm³/mol. The van der Waals surface area contributed by atoms with E-state index in [0.29, 0.717) is 12.8 Å². The molecule has 7 saturated heterocycles. The molecule has 38 heavy (non-hydrogen) atoms. The molecule has 0 aromatic carbocycles. The molecule has 7 heterocycles. The van der Waals surface area contributed by atoms with E-state index in [9.17, 15) is 14.4 Å². The summed E-state index contributed by atoms with van der Waals surface area (Å²) in [7, 11) is 3.00. The average Bonchev–Trinajstić information content (AvgIpc) is 3.76. The molecular weight excluding hydrogens is 532 g/mol. The van der Waals surface area contributed by atoms with E-state index in [4.69, 9.17) is 24.0 Å². The number of hydrogen-bond donors (Lipinski definition) is 0. The first-order valence-electron chi connectivity index (χ1n) is 13.4. The lowest BCUT2D eigenvalue weighted by Crippen LogP contribution is -2.76. The summed E-state index contributed by atoms with van der Waals surface area (Å²) in [5.41, 5.74) is 1.54. The van der Waals surface area contributed by atoms with Crippen molar-refractivity contribution in [3.8, 4) is 0 Å². The SMILES string of the molecule is CCCC(C)(C)OOC1C=C2CC34SSC5(CC6=CC(OC(C)=O)C7OC7C6N5C3=O)C(=O)N4C2C2OC12. The van der Waals surface area contributed by atoms with Gasteiger partial charge in [-0.1, -0.05) is 34.9 Å². The van der Waals surface area contributed by atoms with Crippen LogP contribution in [-0.4, -0.2) is 91.6 Å². The number of epoxide rings is 2. The zero-order valence-electron chi connectivity index (χ0n) is 21.6. The Morgan fingerprint density at radius 3 is 2.03 bits per heavy atom. The number of carbonyl (C=O) groups excluding carboxylic acids is 3. The van der Waals surface area contributed by atoms with Gasteiger partial charge in [0.1, 0.15) is 36.6 Å². The number of ether oxygens (including phenoxy) is 3. The van der Waals surface area contributed by atoms with Crippen LogP contribution < -0.4 is 0 Å². The van der Waals surface area contributed by atoms with Crippen LogP contribution in [0.4, 0.5) is 0 Å². The summed E-state index contributed by atoms with van der Waals surface area (Å²) in [6, 6.07) is -0.579. The first-order chi connectivity index (χ1) is 18.1. The Morgan fingerprint density at radius 2 is 1.50 bits per heavy atom. The Hall–Kier alpha value is -1.57. The quantitative estimate of drug-likeness (QED) is 0.119. The van der Waals surface area contributed by atoms with E-state index in [1.54, 1.807) is 4.90 Å². The number of amides is 2. The third kappa shape index (κ3) is 2.99. The fourth-order valence-electron chi connectivity index (χ4n) is 7.53. The molecule has 0 radical (unpaired) electrons. The van der Waals surface area contributed by atoms with E-state index in [-0.39, 0.29) is 60.4 Å². The molecule has 12 heteroatoms. The van der Waals surface area contributed by atoms with Gasteiger partial charge in [-0.3, -0.25) is 14.4 Å². The molecule has 10 atom stereocenters. The molecule has 0 saturated carbocycles. The minimum Gasteiger partial charge on any atom is -0.455 e. The molecule has 9 aliphatic rings. The number of nitrogens with zero attached hydrogens (tertiary/aromatic N) is 2. The number of rotatable bonds is 6. The largest absolute Gasteiger partial charge is 0.455 e. The molecule has 2 aliphatic carbocycles. The molecule has 2 amide bonds. The molecule has 2 bridgehead atoms. The maximum absolute atomic E-state index is 14.4. The smallest absolute Gasteiger partial charge is 0.303 e. The summed E-state index contributed by atoms with van der Waals surface area (Å²) in [6.07, 6.45) is 4.82. The van der Waals surface area contributed by atoms with Crippen LogP contribution in [0.25, 0.3) is 0 Å². The Balaban J connectivity index is 1.11. The Morgan fingerprint density at radius 1 is 0.974 bits per heavy atom. The number of hydrogen-bond acceptors (Lipinski definition) is 10. The van der Waals surface area contributed by atoms with Gasteiger partial charge in [0.05, 0.1) is 17.7 Å². The van der Waals surface area contributed by atoms with E-state index in [0.717, 1.165) is 24.0 Å². The van der Waals surface area contributed by atoms with Crippen molar-refractivity contribution in [1.82, 2.24) is 9.80 Å². The van der Waals surface area contributed by atoms with Crippen molar-refractivity contribution in [2.24, 2.45) is 0 Å². The zero-order chi connectivity index (χ0) is 26.4. The van der Waals surface area contributed by atoms with Gasteiger partial charge < -0.3 is 24.0 Å². The summed E-state index contributed by atoms with van der Waals surface area (Å²) in [5, 5.41) is 0. The highest BCUT2D eigenvalue weighted by atomic mass is 33.1. The number of fused-ring (bicyclic) bond motifs is 7. The molecule has 0 aromatic heterocycles. The normalized spacial score (nSPS) is 46.8. The predicted octanol–water partition coefficient (Wildman–Crippen LogP) is 2.23. The van der Waals surface area contributed by atoms with E-state index in [1.165, 1.54) is 28.5 Å². The van der Waals surface area contributed by atoms with Gasteiger partial charge in [0.25, 0.3) is 11.8 Å². The van der Waals surface area contributed by atoms with Crippen LogP contribution in [-0.2, 0) is 38.4 Å². The van der Waals surface area contributed by atoms with Gasteiger partial charge in [-0.2, -0.15) is 0 Å². The Labute approximate surface area is 228 Å². The van der Waals surface area contributed by atoms with Crippen LogP contribution in [0.5, 0.6) is 0 Å². The van der Waals surface area contributed by atoms with Gasteiger partial charge in [-0.15, -0.1) is 0 Å². The molecule has 7 fully saturated rings. The molecule has 0 N–H and O–H groups in total. The van der Waals surface area contributed by atoms with Crippen molar-refractivity contribution < 1.29 is 38.4 Å². The Bertz CT molecular complexity index is 1240. The lowest BCUT2D eigenvalue weighted by Gasteiger charge is -2.58. The molecule has 2 spiro atoms. The maximum atomic E-state index is 14.4. The van der Waals surface area contributed by atoms with E-state index >= 15 is 0 Å². The second kappa shape index (κ2) is 7.58. The van der Waals surface area contributed by atoms with Crippen LogP contribution in [0.3, 0.4) is 0 Å². The average molecular weight is 563 g/mol. The van der Waals surface area contributed by atoms with Gasteiger partial charge in [-0.05, 0) is 43.6 Å². The van der Waals surface area contributed by atoms with Crippen LogP contribution >= 0.6 is 21.6 Å². The van der Waals surface area contributed by atoms with Crippen molar-refractivity contribution >= 4 is 39.4 Å². The first kappa shape index (κ1) is 24.2. The highest BCUT2D eigenvalue weighted by molar-refractivity contribution is 8.78. The van der Waals surface area contributed by atoms with Gasteiger partial charge in [0, 0.05) is 19.8 Å². The molecule has 9 rings (SSSR count). The molecule has 10 nitrogen and oxygen atoms in total. The number of esters is 1. The lowest BCUT2D eigenvalue weighted by molar-refractivity contribution is -0.372. The monoisotopic (exact) mass is 562 g/mol. The van der Waals surface area contributed by atoms with E-state index in [2.05, 4.69) is 6.92 Å². The van der Waals surface area contributed by atoms with Crippen LogP contribution in [0, 0.1) is 0 Å². The molecular formula is C26H30N2O8S2. The van der Waals surface area contributed by atoms with Gasteiger partial charge >= 0.3 is 5.97 Å². The second-order valence-corrected chi connectivity index (χ2v) is 14.9. The van der Waals surface area contributed by atoms with E-state index < -0.39 is 21.4 Å². The van der Waals surface area contributed by atoms with Crippen molar-refractivity contribution in [3.63, 3.8) is 0 Å². The van der Waals surface area contributed by atoms with Gasteiger partial charge in [0.2, 0.25) is 0 Å². The van der Waals surface area contributed by atoms with Crippen molar-refractivity contribution in [2.75, 3.05) is 0 Å². The van der Waals surface area contributed by atoms with Crippen molar-refractivity contribution in [3.05, 3.63) is 23.3 Å². The second-order valence-electron chi connectivity index (χ2n) is 12.2. The molecule has 0 aromatic rings. The summed E-state index contributed by atoms with van der Waals surface area (Å²) in [5.74, 6) is -0.456. The van der Waals surface area contributed by atoms with E-state index in [1.807, 2.05) is 30.9 Å². The van der Waals surface area contributed by atoms with Crippen molar-refractivity contribution in [2.45, 2.75) is 117 Å². The summed E-state index contributed by atoms with van der Waals surface area (Å²) in [4.78, 5) is 53.6. The maximum Gasteiger partial charge on any atom is 0.303 e. The lowest BCUT2D eigenvalue weighted by atomic mass is 9.91. The third-order valence-electron chi connectivity index (χ3n) is 9.09. The summed E-state index contributed by atoms with van der Waals surface area (Å²) in [6.45, 7) is 7.49. The zero-order valence-corrected chi connectivity index (χ0v) is 23.2. The minimum atomic E-state index is -1.03. The fraction of sp³-hybridized carbons (Fsp3) is 0.731. The minimum absolute atomic E-state index is 0.0419. The topological polar surface area (TPSA) is 110 Å². The first-order valence-corrected chi connectivity index (χ1v) is 15.5. The molecule has 10 unspecified atom stereocenters. The number of carbonyl (C=O) groups is 3. The number of piperazine rings is 1. The van der Waals surface area contributed by atoms with Crippen LogP contribution in [0.2, 0.25) is 0 Å². The van der Waals surface area contributed by atoms with Crippen LogP contribution in [0.15, 0.2) is 23.3 Å². The highest BCUT2D eigenvalue weighted by Gasteiger charge is 2.80. The molecule has 7 aliphatic heterocycles. The standard InChI is InChI=1S/C26H30N2O8S2/c1-5-6-24(3,4)36-35-15-8-13-10-26-23(31)27-16-12(7-14(32-11(2)29)18-20(16)33-18)9-25(27,37-38-26)22(30)28(26)17(13)21-19(15)34-21/h7-8,14-21H,5-6,9-10H2,1-4H3. The summed E-state index contributed by atoms with van der Waals surface area (Å²) >= 11 is 0. The van der Waals surface area contributed by atoms with Crippen LogP contribution in [0.1, 0.15) is 53.4 Å². The van der Waals surface area contributed by atoms with Crippen molar-refractivity contribution in [1.29, 1.82) is 0 Å². The molecule has 204 valence electrons.